The summed E-state index contributed by atoms with van der Waals surface area (Å²) in [5, 5.41) is 8.76. The number of carboxylic acid groups (broad SMARTS) is 1. The molecule has 1 aromatic rings. The highest BCUT2D eigenvalue weighted by Gasteiger charge is 2.48. The standard InChI is InChI=1S/C19H16N2O5S2/c22-15-11-13(17(25)20(15)10-9-16(23)24)21-18(26)14(28-19(21)27)8-4-7-12-5-2-1-3-6-12/h1-8,13H,9-11H2,(H,23,24)/b7-4+,14-8-. The Kier molecular flexibility index (Phi) is 6.05. The molecule has 9 heteroatoms. The first kappa shape index (κ1) is 20.0. The molecule has 0 bridgehead atoms. The number of amides is 3. The van der Waals surface area contributed by atoms with Crippen LogP contribution in [0.2, 0.25) is 0 Å². The van der Waals surface area contributed by atoms with E-state index in [0.717, 1.165) is 27.1 Å². The third kappa shape index (κ3) is 4.20. The summed E-state index contributed by atoms with van der Waals surface area (Å²) in [5.74, 6) is -2.64. The molecule has 0 radical (unpaired) electrons. The Hall–Kier alpha value is -2.78. The van der Waals surface area contributed by atoms with Crippen molar-refractivity contribution in [2.45, 2.75) is 18.9 Å². The SMILES string of the molecule is O=C(O)CCN1C(=O)CC(N2C(=O)/C(=C/C=C/c3ccccc3)SC2=S)C1=O. The first-order valence-corrected chi connectivity index (χ1v) is 9.65. The van der Waals surface area contributed by atoms with Gasteiger partial charge in [-0.15, -0.1) is 0 Å². The molecule has 2 aliphatic heterocycles. The van der Waals surface area contributed by atoms with Crippen LogP contribution in [0.15, 0.2) is 47.4 Å². The number of rotatable bonds is 6. The van der Waals surface area contributed by atoms with Gasteiger partial charge in [-0.2, -0.15) is 0 Å². The Balaban J connectivity index is 1.72. The molecule has 1 atom stereocenters. The van der Waals surface area contributed by atoms with Gasteiger partial charge in [-0.05, 0) is 11.6 Å². The van der Waals surface area contributed by atoms with Crippen molar-refractivity contribution in [3.8, 4) is 0 Å². The van der Waals surface area contributed by atoms with Gasteiger partial charge in [0.05, 0.1) is 17.7 Å². The van der Waals surface area contributed by atoms with E-state index < -0.39 is 29.7 Å². The van der Waals surface area contributed by atoms with Gasteiger partial charge in [0.15, 0.2) is 0 Å². The molecule has 2 heterocycles. The molecule has 0 aromatic heterocycles. The molecule has 7 nitrogen and oxygen atoms in total. The van der Waals surface area contributed by atoms with E-state index in [0.29, 0.717) is 4.91 Å². The minimum atomic E-state index is -1.11. The molecule has 1 N–H and O–H groups in total. The number of aliphatic carboxylic acids is 1. The highest BCUT2D eigenvalue weighted by molar-refractivity contribution is 8.26. The zero-order valence-corrected chi connectivity index (χ0v) is 16.2. The van der Waals surface area contributed by atoms with Crippen molar-refractivity contribution >= 4 is 58.1 Å². The fourth-order valence-electron chi connectivity index (χ4n) is 2.88. The number of carbonyl (C=O) groups excluding carboxylic acids is 3. The Morgan fingerprint density at radius 2 is 1.96 bits per heavy atom. The third-order valence-electron chi connectivity index (χ3n) is 4.24. The molecule has 3 amide bonds. The largest absolute Gasteiger partial charge is 0.481 e. The first-order chi connectivity index (χ1) is 13.4. The molecule has 0 saturated carbocycles. The van der Waals surface area contributed by atoms with Crippen molar-refractivity contribution in [3.63, 3.8) is 0 Å². The topological polar surface area (TPSA) is 95.0 Å². The number of thiocarbonyl (C=S) groups is 1. The molecule has 1 unspecified atom stereocenters. The van der Waals surface area contributed by atoms with Gasteiger partial charge in [-0.1, -0.05) is 66.5 Å². The van der Waals surface area contributed by atoms with Gasteiger partial charge in [0.2, 0.25) is 5.91 Å². The lowest BCUT2D eigenvalue weighted by atomic mass is 10.2. The van der Waals surface area contributed by atoms with Crippen molar-refractivity contribution < 1.29 is 24.3 Å². The van der Waals surface area contributed by atoms with Crippen LogP contribution in [0.25, 0.3) is 6.08 Å². The van der Waals surface area contributed by atoms with Gasteiger partial charge in [-0.3, -0.25) is 29.0 Å². The third-order valence-corrected chi connectivity index (χ3v) is 5.59. The fraction of sp³-hybridized carbons (Fsp3) is 0.211. The summed E-state index contributed by atoms with van der Waals surface area (Å²) in [4.78, 5) is 50.4. The van der Waals surface area contributed by atoms with Crippen LogP contribution in [0.5, 0.6) is 0 Å². The lowest BCUT2D eigenvalue weighted by Crippen LogP contribution is -2.44. The molecule has 28 heavy (non-hydrogen) atoms. The minimum absolute atomic E-state index is 0.196. The average Bonchev–Trinajstić information content (AvgIpc) is 3.09. The van der Waals surface area contributed by atoms with Gasteiger partial charge >= 0.3 is 5.97 Å². The lowest BCUT2D eigenvalue weighted by molar-refractivity contribution is -0.142. The molecule has 144 valence electrons. The predicted octanol–water partition coefficient (Wildman–Crippen LogP) is 2.05. The number of nitrogens with zero attached hydrogens (tertiary/aromatic N) is 2. The van der Waals surface area contributed by atoms with Crippen LogP contribution in [0.1, 0.15) is 18.4 Å². The van der Waals surface area contributed by atoms with E-state index in [4.69, 9.17) is 17.3 Å². The van der Waals surface area contributed by atoms with Gasteiger partial charge in [0.25, 0.3) is 11.8 Å². The number of carbonyl (C=O) groups is 4. The van der Waals surface area contributed by atoms with E-state index in [-0.39, 0.29) is 23.7 Å². The lowest BCUT2D eigenvalue weighted by Gasteiger charge is -2.21. The highest BCUT2D eigenvalue weighted by Crippen LogP contribution is 2.35. The summed E-state index contributed by atoms with van der Waals surface area (Å²) in [6.07, 6.45) is 4.65. The van der Waals surface area contributed by atoms with Crippen LogP contribution >= 0.6 is 24.0 Å². The summed E-state index contributed by atoms with van der Waals surface area (Å²) in [6.45, 7) is -0.214. The van der Waals surface area contributed by atoms with Crippen LogP contribution in [-0.2, 0) is 19.2 Å². The molecule has 0 aliphatic carbocycles. The normalized spacial score (nSPS) is 21.6. The second-order valence-electron chi connectivity index (χ2n) is 6.09. The second-order valence-corrected chi connectivity index (χ2v) is 7.77. The molecule has 2 saturated heterocycles. The van der Waals surface area contributed by atoms with E-state index in [1.165, 1.54) is 0 Å². The predicted molar refractivity (Wildman–Crippen MR) is 108 cm³/mol. The highest BCUT2D eigenvalue weighted by atomic mass is 32.2. The van der Waals surface area contributed by atoms with E-state index in [1.54, 1.807) is 12.2 Å². The Morgan fingerprint density at radius 1 is 1.25 bits per heavy atom. The molecular formula is C19H16N2O5S2. The number of benzene rings is 1. The maximum absolute atomic E-state index is 12.7. The van der Waals surface area contributed by atoms with Gasteiger partial charge in [-0.25, -0.2) is 0 Å². The number of allylic oxidation sites excluding steroid dienone is 2. The van der Waals surface area contributed by atoms with E-state index in [9.17, 15) is 19.2 Å². The number of hydrogen-bond donors (Lipinski definition) is 1. The molecule has 2 aliphatic rings. The molecule has 3 rings (SSSR count). The first-order valence-electron chi connectivity index (χ1n) is 8.43. The molecule has 2 fully saturated rings. The number of thioether (sulfide) groups is 1. The van der Waals surface area contributed by atoms with E-state index in [2.05, 4.69) is 0 Å². The summed E-state index contributed by atoms with van der Waals surface area (Å²) in [7, 11) is 0. The van der Waals surface area contributed by atoms with Crippen LogP contribution in [0.3, 0.4) is 0 Å². The fourth-order valence-corrected chi connectivity index (χ4v) is 4.19. The molecular weight excluding hydrogens is 400 g/mol. The molecule has 0 spiro atoms. The van der Waals surface area contributed by atoms with Crippen molar-refractivity contribution in [2.75, 3.05) is 6.54 Å². The van der Waals surface area contributed by atoms with Gasteiger partial charge in [0, 0.05) is 6.54 Å². The number of likely N-dealkylation sites (tertiary alicyclic amines) is 1. The minimum Gasteiger partial charge on any atom is -0.481 e. The summed E-state index contributed by atoms with van der Waals surface area (Å²) in [5.41, 5.74) is 0.972. The van der Waals surface area contributed by atoms with Crippen LogP contribution in [-0.4, -0.2) is 55.5 Å². The zero-order valence-electron chi connectivity index (χ0n) is 14.6. The zero-order chi connectivity index (χ0) is 20.3. The van der Waals surface area contributed by atoms with Crippen molar-refractivity contribution in [1.82, 2.24) is 9.80 Å². The Morgan fingerprint density at radius 3 is 2.64 bits per heavy atom. The number of carboxylic acids is 1. The maximum atomic E-state index is 12.7. The van der Waals surface area contributed by atoms with Gasteiger partial charge in [0.1, 0.15) is 10.4 Å². The average molecular weight is 416 g/mol. The Labute approximate surface area is 170 Å². The van der Waals surface area contributed by atoms with Crippen LogP contribution in [0.4, 0.5) is 0 Å². The number of imide groups is 1. The number of hydrogen-bond acceptors (Lipinski definition) is 6. The summed E-state index contributed by atoms with van der Waals surface area (Å²) in [6, 6.07) is 8.53. The summed E-state index contributed by atoms with van der Waals surface area (Å²) < 4.78 is 0.204. The summed E-state index contributed by atoms with van der Waals surface area (Å²) >= 11 is 6.31. The van der Waals surface area contributed by atoms with E-state index >= 15 is 0 Å². The van der Waals surface area contributed by atoms with E-state index in [1.807, 2.05) is 36.4 Å². The van der Waals surface area contributed by atoms with Crippen molar-refractivity contribution in [1.29, 1.82) is 0 Å². The quantitative estimate of drug-likeness (QED) is 0.431. The van der Waals surface area contributed by atoms with Gasteiger partial charge < -0.3 is 5.11 Å². The molecule has 1 aromatic carbocycles. The smallest absolute Gasteiger partial charge is 0.305 e. The van der Waals surface area contributed by atoms with Crippen molar-refractivity contribution in [2.24, 2.45) is 0 Å². The Bertz CT molecular complexity index is 910. The maximum Gasteiger partial charge on any atom is 0.305 e. The van der Waals surface area contributed by atoms with Crippen LogP contribution < -0.4 is 0 Å². The monoisotopic (exact) mass is 416 g/mol. The second kappa shape index (κ2) is 8.49. The van der Waals surface area contributed by atoms with Crippen molar-refractivity contribution in [3.05, 3.63) is 53.0 Å². The van der Waals surface area contributed by atoms with Crippen LogP contribution in [0, 0.1) is 0 Å².